The largest absolute Gasteiger partial charge is 0.141 e. The van der Waals surface area contributed by atoms with Crippen LogP contribution in [0.2, 0.25) is 0 Å². The molecule has 0 spiro atoms. The summed E-state index contributed by atoms with van der Waals surface area (Å²) in [5.41, 5.74) is 3.08. The minimum atomic E-state index is 1.25. The Kier molecular flexibility index (Phi) is 1.61. The molecular formula is C10H12S. The zero-order valence-corrected chi connectivity index (χ0v) is 7.79. The van der Waals surface area contributed by atoms with Crippen molar-refractivity contribution in [3.63, 3.8) is 0 Å². The van der Waals surface area contributed by atoms with Crippen molar-refractivity contribution in [3.8, 4) is 0 Å². The van der Waals surface area contributed by atoms with Gasteiger partial charge in [0.1, 0.15) is 0 Å². The molecule has 0 saturated carbocycles. The molecule has 0 atom stereocenters. The van der Waals surface area contributed by atoms with Crippen molar-refractivity contribution in [3.05, 3.63) is 27.0 Å². The zero-order valence-electron chi connectivity index (χ0n) is 6.98. The molecule has 11 heavy (non-hydrogen) atoms. The first-order valence-electron chi connectivity index (χ1n) is 4.02. The monoisotopic (exact) mass is 164 g/mol. The second kappa shape index (κ2) is 2.49. The lowest BCUT2D eigenvalue weighted by atomic mass is 9.99. The van der Waals surface area contributed by atoms with Crippen LogP contribution in [0.3, 0.4) is 0 Å². The first-order chi connectivity index (χ1) is 5.25. The molecule has 58 valence electrons. The first-order valence-corrected chi connectivity index (χ1v) is 4.84. The Morgan fingerprint density at radius 3 is 2.91 bits per heavy atom. The highest BCUT2D eigenvalue weighted by molar-refractivity contribution is 7.13. The molecule has 0 aromatic carbocycles. The SMILES string of the molecule is CC1=Cc2sc(C)cc2CC1. The molecule has 1 aliphatic rings. The summed E-state index contributed by atoms with van der Waals surface area (Å²) in [6, 6.07) is 2.32. The van der Waals surface area contributed by atoms with E-state index >= 15 is 0 Å². The maximum absolute atomic E-state index is 2.33. The summed E-state index contributed by atoms with van der Waals surface area (Å²) in [4.78, 5) is 2.94. The molecular weight excluding hydrogens is 152 g/mol. The van der Waals surface area contributed by atoms with E-state index in [0.29, 0.717) is 0 Å². The van der Waals surface area contributed by atoms with Crippen molar-refractivity contribution in [2.75, 3.05) is 0 Å². The van der Waals surface area contributed by atoms with E-state index < -0.39 is 0 Å². The normalized spacial score (nSPS) is 16.0. The molecule has 1 aromatic rings. The Bertz CT molecular complexity index is 305. The van der Waals surface area contributed by atoms with Gasteiger partial charge in [-0.05, 0) is 44.4 Å². The molecule has 0 fully saturated rings. The molecule has 0 amide bonds. The summed E-state index contributed by atoms with van der Waals surface area (Å²) < 4.78 is 0. The Morgan fingerprint density at radius 2 is 2.09 bits per heavy atom. The predicted octanol–water partition coefficient (Wildman–Crippen LogP) is 3.41. The molecule has 1 aromatic heterocycles. The van der Waals surface area contributed by atoms with Crippen molar-refractivity contribution in [2.24, 2.45) is 0 Å². The average Bonchev–Trinajstić information content (AvgIpc) is 2.27. The lowest BCUT2D eigenvalue weighted by Crippen LogP contribution is -1.91. The fourth-order valence-electron chi connectivity index (χ4n) is 1.53. The third-order valence-electron chi connectivity index (χ3n) is 2.13. The van der Waals surface area contributed by atoms with E-state index in [9.17, 15) is 0 Å². The summed E-state index contributed by atoms with van der Waals surface area (Å²) in [5, 5.41) is 0. The van der Waals surface area contributed by atoms with Gasteiger partial charge in [-0.25, -0.2) is 0 Å². The van der Waals surface area contributed by atoms with E-state index in [1.165, 1.54) is 28.2 Å². The summed E-state index contributed by atoms with van der Waals surface area (Å²) in [6.07, 6.45) is 4.84. The molecule has 0 aliphatic heterocycles. The van der Waals surface area contributed by atoms with E-state index in [1.807, 2.05) is 11.3 Å². The third kappa shape index (κ3) is 1.25. The maximum atomic E-state index is 2.33. The van der Waals surface area contributed by atoms with Gasteiger partial charge in [0, 0.05) is 9.75 Å². The number of thiophene rings is 1. The molecule has 1 heterocycles. The minimum absolute atomic E-state index is 1.25. The lowest BCUT2D eigenvalue weighted by Gasteiger charge is -2.07. The fourth-order valence-corrected chi connectivity index (χ4v) is 2.63. The van der Waals surface area contributed by atoms with Crippen LogP contribution in [-0.4, -0.2) is 0 Å². The van der Waals surface area contributed by atoms with Crippen molar-refractivity contribution in [1.82, 2.24) is 0 Å². The molecule has 0 unspecified atom stereocenters. The standard InChI is InChI=1S/C10H12S/c1-7-3-4-9-6-8(2)11-10(9)5-7/h5-6H,3-4H2,1-2H3. The Hall–Kier alpha value is -0.560. The van der Waals surface area contributed by atoms with Gasteiger partial charge in [-0.15, -0.1) is 11.3 Å². The zero-order chi connectivity index (χ0) is 7.84. The third-order valence-corrected chi connectivity index (χ3v) is 3.17. The van der Waals surface area contributed by atoms with E-state index in [0.717, 1.165) is 0 Å². The van der Waals surface area contributed by atoms with Crippen LogP contribution in [0.25, 0.3) is 6.08 Å². The number of aryl methyl sites for hydroxylation is 2. The van der Waals surface area contributed by atoms with Crippen molar-refractivity contribution >= 4 is 17.4 Å². The first kappa shape index (κ1) is 7.11. The second-order valence-electron chi connectivity index (χ2n) is 3.24. The average molecular weight is 164 g/mol. The van der Waals surface area contributed by atoms with E-state index in [4.69, 9.17) is 0 Å². The molecule has 0 bridgehead atoms. The van der Waals surface area contributed by atoms with Crippen LogP contribution in [0, 0.1) is 6.92 Å². The summed E-state index contributed by atoms with van der Waals surface area (Å²) >= 11 is 1.92. The molecule has 0 saturated heterocycles. The van der Waals surface area contributed by atoms with Crippen LogP contribution < -0.4 is 0 Å². The highest BCUT2D eigenvalue weighted by Crippen LogP contribution is 2.30. The van der Waals surface area contributed by atoms with Gasteiger partial charge in [0.2, 0.25) is 0 Å². The van der Waals surface area contributed by atoms with E-state index in [2.05, 4.69) is 26.0 Å². The van der Waals surface area contributed by atoms with Gasteiger partial charge in [-0.2, -0.15) is 0 Å². The predicted molar refractivity (Wildman–Crippen MR) is 51.0 cm³/mol. The Balaban J connectivity index is 2.50. The molecule has 0 nitrogen and oxygen atoms in total. The van der Waals surface area contributed by atoms with Gasteiger partial charge in [-0.3, -0.25) is 0 Å². The Labute approximate surface area is 71.6 Å². The van der Waals surface area contributed by atoms with Crippen molar-refractivity contribution < 1.29 is 0 Å². The quantitative estimate of drug-likeness (QED) is 0.551. The van der Waals surface area contributed by atoms with Gasteiger partial charge >= 0.3 is 0 Å². The van der Waals surface area contributed by atoms with E-state index in [1.54, 1.807) is 5.56 Å². The topological polar surface area (TPSA) is 0 Å². The minimum Gasteiger partial charge on any atom is -0.141 e. The fraction of sp³-hybridized carbons (Fsp3) is 0.400. The summed E-state index contributed by atoms with van der Waals surface area (Å²) in [5.74, 6) is 0. The van der Waals surface area contributed by atoms with Crippen LogP contribution >= 0.6 is 11.3 Å². The van der Waals surface area contributed by atoms with Gasteiger partial charge in [-0.1, -0.05) is 5.57 Å². The number of allylic oxidation sites excluding steroid dienone is 1. The van der Waals surface area contributed by atoms with Gasteiger partial charge in [0.25, 0.3) is 0 Å². The van der Waals surface area contributed by atoms with Gasteiger partial charge in [0.15, 0.2) is 0 Å². The maximum Gasteiger partial charge on any atom is 0.0304 e. The van der Waals surface area contributed by atoms with E-state index in [-0.39, 0.29) is 0 Å². The highest BCUT2D eigenvalue weighted by atomic mass is 32.1. The second-order valence-corrected chi connectivity index (χ2v) is 4.53. The number of hydrogen-bond acceptors (Lipinski definition) is 1. The number of rotatable bonds is 0. The molecule has 0 radical (unpaired) electrons. The van der Waals surface area contributed by atoms with Crippen LogP contribution in [0.5, 0.6) is 0 Å². The summed E-state index contributed by atoms with van der Waals surface area (Å²) in [7, 11) is 0. The number of hydrogen-bond donors (Lipinski definition) is 0. The number of fused-ring (bicyclic) bond motifs is 1. The van der Waals surface area contributed by atoms with Gasteiger partial charge in [0.05, 0.1) is 0 Å². The molecule has 1 heteroatoms. The smallest absolute Gasteiger partial charge is 0.0304 e. The molecule has 1 aliphatic carbocycles. The van der Waals surface area contributed by atoms with Crippen LogP contribution in [0.1, 0.15) is 28.7 Å². The molecule has 2 rings (SSSR count). The molecule has 0 N–H and O–H groups in total. The van der Waals surface area contributed by atoms with Crippen LogP contribution in [-0.2, 0) is 6.42 Å². The highest BCUT2D eigenvalue weighted by Gasteiger charge is 2.09. The van der Waals surface area contributed by atoms with Crippen molar-refractivity contribution in [2.45, 2.75) is 26.7 Å². The van der Waals surface area contributed by atoms with Gasteiger partial charge < -0.3 is 0 Å². The van der Waals surface area contributed by atoms with Crippen LogP contribution in [0.4, 0.5) is 0 Å². The van der Waals surface area contributed by atoms with Crippen LogP contribution in [0.15, 0.2) is 11.6 Å². The van der Waals surface area contributed by atoms with Crippen molar-refractivity contribution in [1.29, 1.82) is 0 Å². The Morgan fingerprint density at radius 1 is 1.27 bits per heavy atom. The summed E-state index contributed by atoms with van der Waals surface area (Å²) in [6.45, 7) is 4.41. The lowest BCUT2D eigenvalue weighted by molar-refractivity contribution is 0.935.